The van der Waals surface area contributed by atoms with Crippen molar-refractivity contribution < 1.29 is 14.1 Å². The Balaban J connectivity index is 2.15. The van der Waals surface area contributed by atoms with E-state index < -0.39 is 10.7 Å². The number of carbonyl (C=O) groups excluding carboxylic acids is 1. The van der Waals surface area contributed by atoms with Crippen molar-refractivity contribution in [1.82, 2.24) is 4.90 Å². The predicted octanol–water partition coefficient (Wildman–Crippen LogP) is 3.77. The average Bonchev–Trinajstić information content (AvgIpc) is 2.50. The molecule has 7 heteroatoms. The summed E-state index contributed by atoms with van der Waals surface area (Å²) in [6, 6.07) is 9.81. The van der Waals surface area contributed by atoms with Gasteiger partial charge in [0.05, 0.1) is 4.92 Å². The molecule has 22 heavy (non-hydrogen) atoms. The van der Waals surface area contributed by atoms with Gasteiger partial charge in [-0.05, 0) is 30.3 Å². The number of hydrogen-bond donors (Lipinski definition) is 0. The van der Waals surface area contributed by atoms with Crippen molar-refractivity contribution in [1.29, 1.82) is 0 Å². The lowest BCUT2D eigenvalue weighted by Crippen LogP contribution is -2.26. The van der Waals surface area contributed by atoms with Crippen LogP contribution in [-0.2, 0) is 6.54 Å². The number of hydrogen-bond acceptors (Lipinski definition) is 3. The lowest BCUT2D eigenvalue weighted by atomic mass is 10.1. The minimum atomic E-state index is -0.533. The van der Waals surface area contributed by atoms with E-state index in [-0.39, 0.29) is 18.1 Å². The summed E-state index contributed by atoms with van der Waals surface area (Å²) in [5.74, 6) is -0.735. The summed E-state index contributed by atoms with van der Waals surface area (Å²) < 4.78 is 14.4. The maximum absolute atomic E-state index is 13.7. The molecule has 0 aliphatic heterocycles. The number of amides is 1. The molecule has 2 aromatic carbocycles. The van der Waals surface area contributed by atoms with E-state index in [1.165, 1.54) is 35.2 Å². The maximum Gasteiger partial charge on any atom is 0.269 e. The van der Waals surface area contributed by atoms with Gasteiger partial charge in [0.25, 0.3) is 11.6 Å². The van der Waals surface area contributed by atoms with Gasteiger partial charge in [-0.15, -0.1) is 0 Å². The van der Waals surface area contributed by atoms with Crippen LogP contribution in [0.4, 0.5) is 10.1 Å². The molecule has 0 aliphatic rings. The molecule has 0 aromatic heterocycles. The molecule has 0 heterocycles. The summed E-state index contributed by atoms with van der Waals surface area (Å²) in [6.07, 6.45) is 0. The van der Waals surface area contributed by atoms with Crippen LogP contribution in [0, 0.1) is 15.9 Å². The SMILES string of the molecule is CN(Cc1cc(Br)ccc1F)C(=O)c1ccc([N+](=O)[O-])cc1. The third kappa shape index (κ3) is 3.67. The number of nitro benzene ring substituents is 1. The number of benzene rings is 2. The Morgan fingerprint density at radius 2 is 1.91 bits per heavy atom. The fourth-order valence-electron chi connectivity index (χ4n) is 1.94. The molecule has 0 saturated carbocycles. The fraction of sp³-hybridized carbons (Fsp3) is 0.133. The second-order valence-corrected chi connectivity index (χ2v) is 5.62. The third-order valence-corrected chi connectivity index (χ3v) is 3.58. The topological polar surface area (TPSA) is 63.5 Å². The largest absolute Gasteiger partial charge is 0.337 e. The van der Waals surface area contributed by atoms with Gasteiger partial charge in [0.2, 0.25) is 0 Å². The molecule has 0 fully saturated rings. The zero-order valence-corrected chi connectivity index (χ0v) is 13.2. The Bertz CT molecular complexity index is 719. The van der Waals surface area contributed by atoms with E-state index in [9.17, 15) is 19.3 Å². The molecule has 2 rings (SSSR count). The molecule has 0 atom stereocenters. The molecule has 0 bridgehead atoms. The van der Waals surface area contributed by atoms with Crippen molar-refractivity contribution >= 4 is 27.5 Å². The summed E-state index contributed by atoms with van der Waals surface area (Å²) in [7, 11) is 1.55. The van der Waals surface area contributed by atoms with Crippen molar-refractivity contribution in [2.24, 2.45) is 0 Å². The summed E-state index contributed by atoms with van der Waals surface area (Å²) in [6.45, 7) is 0.0983. The number of non-ortho nitro benzene ring substituents is 1. The summed E-state index contributed by atoms with van der Waals surface area (Å²) in [4.78, 5) is 23.7. The lowest BCUT2D eigenvalue weighted by molar-refractivity contribution is -0.384. The van der Waals surface area contributed by atoms with Crippen LogP contribution in [-0.4, -0.2) is 22.8 Å². The van der Waals surface area contributed by atoms with Crippen LogP contribution in [0.25, 0.3) is 0 Å². The highest BCUT2D eigenvalue weighted by atomic mass is 79.9. The van der Waals surface area contributed by atoms with Gasteiger partial charge in [-0.25, -0.2) is 4.39 Å². The quantitative estimate of drug-likeness (QED) is 0.611. The van der Waals surface area contributed by atoms with Gasteiger partial charge < -0.3 is 4.90 Å². The molecule has 0 aliphatic carbocycles. The van der Waals surface area contributed by atoms with Gasteiger partial charge in [-0.1, -0.05) is 15.9 Å². The minimum Gasteiger partial charge on any atom is -0.337 e. The second kappa shape index (κ2) is 6.65. The molecule has 1 amide bonds. The summed E-state index contributed by atoms with van der Waals surface area (Å²) >= 11 is 3.26. The number of halogens is 2. The van der Waals surface area contributed by atoms with Gasteiger partial charge in [0.15, 0.2) is 0 Å². The van der Waals surface area contributed by atoms with E-state index in [0.29, 0.717) is 11.1 Å². The molecule has 114 valence electrons. The van der Waals surface area contributed by atoms with Crippen LogP contribution in [0.1, 0.15) is 15.9 Å². The second-order valence-electron chi connectivity index (χ2n) is 4.70. The van der Waals surface area contributed by atoms with Crippen LogP contribution in [0.2, 0.25) is 0 Å². The maximum atomic E-state index is 13.7. The van der Waals surface area contributed by atoms with Gasteiger partial charge in [-0.2, -0.15) is 0 Å². The first-order valence-electron chi connectivity index (χ1n) is 6.32. The van der Waals surface area contributed by atoms with Crippen molar-refractivity contribution in [3.05, 3.63) is 74.0 Å². The zero-order chi connectivity index (χ0) is 16.3. The van der Waals surface area contributed by atoms with Gasteiger partial charge >= 0.3 is 0 Å². The Morgan fingerprint density at radius 1 is 1.27 bits per heavy atom. The van der Waals surface area contributed by atoms with Crippen LogP contribution in [0.15, 0.2) is 46.9 Å². The van der Waals surface area contributed by atoms with Crippen LogP contribution in [0.3, 0.4) is 0 Å². The first kappa shape index (κ1) is 16.1. The van der Waals surface area contributed by atoms with E-state index in [2.05, 4.69) is 15.9 Å². The third-order valence-electron chi connectivity index (χ3n) is 3.09. The molecule has 0 unspecified atom stereocenters. The van der Waals surface area contributed by atoms with E-state index in [4.69, 9.17) is 0 Å². The Morgan fingerprint density at radius 3 is 2.50 bits per heavy atom. The predicted molar refractivity (Wildman–Crippen MR) is 83.0 cm³/mol. The Labute approximate surface area is 134 Å². The Kier molecular flexibility index (Phi) is 4.87. The van der Waals surface area contributed by atoms with E-state index >= 15 is 0 Å². The van der Waals surface area contributed by atoms with E-state index in [1.54, 1.807) is 19.2 Å². The van der Waals surface area contributed by atoms with Crippen molar-refractivity contribution in [2.75, 3.05) is 7.05 Å². The molecule has 5 nitrogen and oxygen atoms in total. The van der Waals surface area contributed by atoms with Crippen LogP contribution < -0.4 is 0 Å². The van der Waals surface area contributed by atoms with Crippen molar-refractivity contribution in [3.63, 3.8) is 0 Å². The Hall–Kier alpha value is -2.28. The number of nitrogens with zero attached hydrogens (tertiary/aromatic N) is 2. The normalized spacial score (nSPS) is 10.3. The summed E-state index contributed by atoms with van der Waals surface area (Å²) in [5, 5.41) is 10.6. The van der Waals surface area contributed by atoms with Crippen molar-refractivity contribution in [2.45, 2.75) is 6.54 Å². The number of nitro groups is 1. The van der Waals surface area contributed by atoms with E-state index in [1.807, 2.05) is 0 Å². The highest BCUT2D eigenvalue weighted by molar-refractivity contribution is 9.10. The fourth-order valence-corrected chi connectivity index (χ4v) is 2.35. The highest BCUT2D eigenvalue weighted by Gasteiger charge is 2.15. The minimum absolute atomic E-state index is 0.0859. The monoisotopic (exact) mass is 366 g/mol. The molecular weight excluding hydrogens is 355 g/mol. The first-order valence-corrected chi connectivity index (χ1v) is 7.11. The molecule has 0 N–H and O–H groups in total. The summed E-state index contributed by atoms with van der Waals surface area (Å²) in [5.41, 5.74) is 0.605. The highest BCUT2D eigenvalue weighted by Crippen LogP contribution is 2.18. The molecule has 0 saturated heterocycles. The number of carbonyl (C=O) groups is 1. The van der Waals surface area contributed by atoms with Crippen molar-refractivity contribution in [3.8, 4) is 0 Å². The van der Waals surface area contributed by atoms with Gasteiger partial charge in [0, 0.05) is 41.3 Å². The standard InChI is InChI=1S/C15H12BrFN2O3/c1-18(9-11-8-12(16)4-7-14(11)17)15(20)10-2-5-13(6-3-10)19(21)22/h2-8H,9H2,1H3. The van der Waals surface area contributed by atoms with Gasteiger partial charge in [-0.3, -0.25) is 14.9 Å². The molecule has 2 aromatic rings. The molecular formula is C15H12BrFN2O3. The van der Waals surface area contributed by atoms with Crippen LogP contribution in [0.5, 0.6) is 0 Å². The first-order chi connectivity index (χ1) is 10.4. The van der Waals surface area contributed by atoms with E-state index in [0.717, 1.165) is 4.47 Å². The number of rotatable bonds is 4. The molecule has 0 spiro atoms. The van der Waals surface area contributed by atoms with Gasteiger partial charge in [0.1, 0.15) is 5.82 Å². The average molecular weight is 367 g/mol. The van der Waals surface area contributed by atoms with Crippen LogP contribution >= 0.6 is 15.9 Å². The smallest absolute Gasteiger partial charge is 0.269 e. The molecule has 0 radical (unpaired) electrons. The lowest BCUT2D eigenvalue weighted by Gasteiger charge is -2.18. The zero-order valence-electron chi connectivity index (χ0n) is 11.6.